The lowest BCUT2D eigenvalue weighted by atomic mass is 10.0. The summed E-state index contributed by atoms with van der Waals surface area (Å²) in [5, 5.41) is 0. The third-order valence-electron chi connectivity index (χ3n) is 5.49. The predicted octanol–water partition coefficient (Wildman–Crippen LogP) is 4.86. The van der Waals surface area contributed by atoms with Gasteiger partial charge in [0.2, 0.25) is 5.78 Å². The first kappa shape index (κ1) is 23.7. The van der Waals surface area contributed by atoms with Gasteiger partial charge in [-0.15, -0.1) is 0 Å². The first-order valence-corrected chi connectivity index (χ1v) is 10.6. The number of fused-ring (bicyclic) bond motifs is 1. The van der Waals surface area contributed by atoms with Gasteiger partial charge in [0.25, 0.3) is 0 Å². The Morgan fingerprint density at radius 3 is 2.11 bits per heavy atom. The molecule has 0 saturated heterocycles. The van der Waals surface area contributed by atoms with Crippen LogP contribution in [-0.2, 0) is 0 Å². The van der Waals surface area contributed by atoms with Crippen LogP contribution in [0.4, 0.5) is 0 Å². The van der Waals surface area contributed by atoms with Gasteiger partial charge < -0.3 is 28.4 Å². The third-order valence-corrected chi connectivity index (χ3v) is 5.49. The molecule has 1 aliphatic heterocycles. The summed E-state index contributed by atoms with van der Waals surface area (Å²) in [5.74, 6) is 1.48. The predicted molar refractivity (Wildman–Crippen MR) is 128 cm³/mol. The van der Waals surface area contributed by atoms with Crippen molar-refractivity contribution in [2.45, 2.75) is 6.92 Å². The van der Waals surface area contributed by atoms with Gasteiger partial charge in [-0.2, -0.15) is 0 Å². The Balaban J connectivity index is 1.63. The molecule has 35 heavy (non-hydrogen) atoms. The van der Waals surface area contributed by atoms with Crippen LogP contribution in [0, 0.1) is 6.92 Å². The van der Waals surface area contributed by atoms with Gasteiger partial charge in [-0.1, -0.05) is 12.1 Å². The van der Waals surface area contributed by atoms with Gasteiger partial charge in [-0.05, 0) is 54.5 Å². The molecule has 0 fully saturated rings. The fourth-order valence-electron chi connectivity index (χ4n) is 3.84. The molecule has 4 rings (SSSR count). The van der Waals surface area contributed by atoms with Gasteiger partial charge >= 0.3 is 5.97 Å². The molecule has 180 valence electrons. The third kappa shape index (κ3) is 4.50. The van der Waals surface area contributed by atoms with Crippen molar-refractivity contribution in [1.82, 2.24) is 0 Å². The van der Waals surface area contributed by atoms with Crippen molar-refractivity contribution in [2.75, 3.05) is 28.4 Å². The lowest BCUT2D eigenvalue weighted by Crippen LogP contribution is -2.12. The van der Waals surface area contributed by atoms with E-state index < -0.39 is 5.97 Å². The van der Waals surface area contributed by atoms with E-state index in [1.807, 2.05) is 0 Å². The number of ether oxygens (including phenoxy) is 6. The van der Waals surface area contributed by atoms with Gasteiger partial charge in [0.1, 0.15) is 28.6 Å². The molecular formula is C27H24O8. The van der Waals surface area contributed by atoms with E-state index in [1.54, 1.807) is 62.6 Å². The van der Waals surface area contributed by atoms with E-state index in [0.29, 0.717) is 45.4 Å². The smallest absolute Gasteiger partial charge is 0.351 e. The Morgan fingerprint density at radius 2 is 1.49 bits per heavy atom. The number of aryl methyl sites for hydroxylation is 1. The SMILES string of the molecule is COc1ccc(/C=C2\Oc3cc(OC(=O)c4c(OC)cccc4OC)cc(C)c3C2=O)cc1OC. The molecule has 8 heteroatoms. The van der Waals surface area contributed by atoms with Gasteiger partial charge in [-0.3, -0.25) is 4.79 Å². The van der Waals surface area contributed by atoms with Crippen LogP contribution in [0.5, 0.6) is 34.5 Å². The molecule has 0 aliphatic carbocycles. The monoisotopic (exact) mass is 476 g/mol. The summed E-state index contributed by atoms with van der Waals surface area (Å²) in [6, 6.07) is 13.4. The zero-order valence-electron chi connectivity index (χ0n) is 20.0. The second-order valence-corrected chi connectivity index (χ2v) is 7.59. The Labute approximate surface area is 202 Å². The molecule has 0 spiro atoms. The van der Waals surface area contributed by atoms with Crippen LogP contribution in [0.25, 0.3) is 6.08 Å². The van der Waals surface area contributed by atoms with Crippen molar-refractivity contribution in [3.8, 4) is 34.5 Å². The van der Waals surface area contributed by atoms with Crippen molar-refractivity contribution in [3.63, 3.8) is 0 Å². The number of benzene rings is 3. The molecule has 0 atom stereocenters. The summed E-state index contributed by atoms with van der Waals surface area (Å²) in [5.41, 5.74) is 1.87. The van der Waals surface area contributed by atoms with Crippen LogP contribution in [0.3, 0.4) is 0 Å². The first-order chi connectivity index (χ1) is 16.9. The molecule has 0 amide bonds. The Kier molecular flexibility index (Phi) is 6.64. The number of esters is 1. The van der Waals surface area contributed by atoms with Gasteiger partial charge in [0.15, 0.2) is 17.3 Å². The van der Waals surface area contributed by atoms with Crippen LogP contribution in [0.1, 0.15) is 31.8 Å². The Bertz CT molecular complexity index is 1320. The van der Waals surface area contributed by atoms with Crippen molar-refractivity contribution < 1.29 is 38.0 Å². The van der Waals surface area contributed by atoms with Gasteiger partial charge in [0, 0.05) is 6.07 Å². The minimum absolute atomic E-state index is 0.144. The zero-order chi connectivity index (χ0) is 25.1. The average Bonchev–Trinajstić information content (AvgIpc) is 3.18. The second kappa shape index (κ2) is 9.80. The summed E-state index contributed by atoms with van der Waals surface area (Å²) < 4.78 is 32.6. The van der Waals surface area contributed by atoms with Gasteiger partial charge in [0.05, 0.1) is 34.0 Å². The number of allylic oxidation sites excluding steroid dienone is 1. The largest absolute Gasteiger partial charge is 0.496 e. The highest BCUT2D eigenvalue weighted by Crippen LogP contribution is 2.39. The second-order valence-electron chi connectivity index (χ2n) is 7.59. The minimum Gasteiger partial charge on any atom is -0.496 e. The number of Topliss-reactive ketones (excluding diaryl/α,β-unsaturated/α-hetero) is 1. The van der Waals surface area contributed by atoms with E-state index in [0.717, 1.165) is 0 Å². The molecule has 1 aliphatic rings. The minimum atomic E-state index is -0.663. The maximum atomic E-state index is 13.0. The number of hydrogen-bond acceptors (Lipinski definition) is 8. The summed E-state index contributed by atoms with van der Waals surface area (Å²) >= 11 is 0. The highest BCUT2D eigenvalue weighted by molar-refractivity contribution is 6.15. The molecule has 0 bridgehead atoms. The highest BCUT2D eigenvalue weighted by Gasteiger charge is 2.31. The molecule has 0 unspecified atom stereocenters. The molecule has 0 N–H and O–H groups in total. The number of rotatable bonds is 7. The molecule has 0 radical (unpaired) electrons. The Hall–Kier alpha value is -4.46. The van der Waals surface area contributed by atoms with E-state index in [4.69, 9.17) is 28.4 Å². The molecule has 3 aromatic carbocycles. The van der Waals surface area contributed by atoms with Crippen LogP contribution >= 0.6 is 0 Å². The standard InChI is InChI=1S/C27H24O8/c1-15-11-17(34-27(29)25-19(31-3)7-6-8-20(25)32-4)14-22-24(15)26(28)23(35-22)13-16-9-10-18(30-2)21(12-16)33-5/h6-14H,1-5H3/b23-13-. The zero-order valence-corrected chi connectivity index (χ0v) is 20.0. The Morgan fingerprint density at radius 1 is 0.829 bits per heavy atom. The first-order valence-electron chi connectivity index (χ1n) is 10.6. The topological polar surface area (TPSA) is 89.5 Å². The normalized spacial score (nSPS) is 13.2. The van der Waals surface area contributed by atoms with Gasteiger partial charge in [-0.25, -0.2) is 4.79 Å². The molecule has 0 aromatic heterocycles. The maximum absolute atomic E-state index is 13.0. The lowest BCUT2D eigenvalue weighted by molar-refractivity contribution is 0.0727. The molecular weight excluding hydrogens is 452 g/mol. The summed E-state index contributed by atoms with van der Waals surface area (Å²) in [4.78, 5) is 26.0. The lowest BCUT2D eigenvalue weighted by Gasteiger charge is -2.13. The van der Waals surface area contributed by atoms with Crippen LogP contribution in [-0.4, -0.2) is 40.2 Å². The number of hydrogen-bond donors (Lipinski definition) is 0. The van der Waals surface area contributed by atoms with Crippen molar-refractivity contribution in [2.24, 2.45) is 0 Å². The molecule has 1 heterocycles. The number of ketones is 1. The highest BCUT2D eigenvalue weighted by atomic mass is 16.5. The molecule has 0 saturated carbocycles. The average molecular weight is 476 g/mol. The number of carbonyl (C=O) groups is 2. The van der Waals surface area contributed by atoms with E-state index >= 15 is 0 Å². The van der Waals surface area contributed by atoms with E-state index in [9.17, 15) is 9.59 Å². The van der Waals surface area contributed by atoms with Crippen molar-refractivity contribution in [3.05, 3.63) is 76.5 Å². The maximum Gasteiger partial charge on any atom is 0.351 e. The summed E-state index contributed by atoms with van der Waals surface area (Å²) in [6.45, 7) is 1.75. The fraction of sp³-hybridized carbons (Fsp3) is 0.185. The summed E-state index contributed by atoms with van der Waals surface area (Å²) in [7, 11) is 6.00. The molecule has 3 aromatic rings. The van der Waals surface area contributed by atoms with E-state index in [1.165, 1.54) is 27.4 Å². The van der Waals surface area contributed by atoms with E-state index in [2.05, 4.69) is 0 Å². The van der Waals surface area contributed by atoms with Crippen LogP contribution < -0.4 is 28.4 Å². The number of carbonyl (C=O) groups excluding carboxylic acids is 2. The quantitative estimate of drug-likeness (QED) is 0.271. The fourth-order valence-corrected chi connectivity index (χ4v) is 3.84. The summed E-state index contributed by atoms with van der Waals surface area (Å²) in [6.07, 6.45) is 1.62. The van der Waals surface area contributed by atoms with Crippen molar-refractivity contribution in [1.29, 1.82) is 0 Å². The number of methoxy groups -OCH3 is 4. The molecule has 8 nitrogen and oxygen atoms in total. The van der Waals surface area contributed by atoms with Crippen LogP contribution in [0.2, 0.25) is 0 Å². The van der Waals surface area contributed by atoms with Crippen molar-refractivity contribution >= 4 is 17.8 Å². The van der Waals surface area contributed by atoms with E-state index in [-0.39, 0.29) is 22.9 Å². The van der Waals surface area contributed by atoms with Crippen LogP contribution in [0.15, 0.2) is 54.3 Å².